The largest absolute Gasteiger partial charge is 4.00 e. The van der Waals surface area contributed by atoms with E-state index in [0.717, 1.165) is 70.3 Å². The van der Waals surface area contributed by atoms with Crippen LogP contribution in [0.15, 0.2) is 24.3 Å². The van der Waals surface area contributed by atoms with Crippen molar-refractivity contribution in [2.24, 2.45) is 59.2 Å². The molecule has 0 bridgehead atoms. The molecule has 3 rings (SSSR count). The Morgan fingerprint density at radius 2 is 0.481 bits per heavy atom. The van der Waals surface area contributed by atoms with Crippen molar-refractivity contribution >= 4 is 11.7 Å². The first-order valence-electron chi connectivity index (χ1n) is 18.0. The molecular weight excluding hydrogens is 704 g/mol. The molecule has 1 aromatic carbocycles. The topological polar surface area (TPSA) is 51.1 Å². The average molecular weight is 795 g/mol. The van der Waals surface area contributed by atoms with E-state index in [1.807, 2.05) is 34.1 Å². The molecular formula is C46H90N4Ti2. The quantitative estimate of drug-likeness (QED) is 0.125. The summed E-state index contributed by atoms with van der Waals surface area (Å²) >= 11 is 0. The summed E-state index contributed by atoms with van der Waals surface area (Å²) < 4.78 is 0. The smallest absolute Gasteiger partial charge is 0.464 e. The van der Waals surface area contributed by atoms with Crippen LogP contribution in [-0.2, 0) is 43.4 Å². The van der Waals surface area contributed by atoms with Crippen LogP contribution in [-0.4, -0.2) is 45.6 Å². The van der Waals surface area contributed by atoms with E-state index in [1.165, 1.54) is 0 Å². The average Bonchev–Trinajstić information content (AvgIpc) is 3.22. The molecule has 0 N–H and O–H groups in total. The van der Waals surface area contributed by atoms with Crippen molar-refractivity contribution in [3.8, 4) is 0 Å². The van der Waals surface area contributed by atoms with E-state index < -0.39 is 0 Å². The maximum absolute atomic E-state index is 10.6. The fourth-order valence-electron chi connectivity index (χ4n) is 8.03. The Hall–Kier alpha value is -0.411. The van der Waals surface area contributed by atoms with Crippen molar-refractivity contribution in [1.29, 1.82) is 0 Å². The Morgan fingerprint density at radius 1 is 0.365 bits per heavy atom. The molecule has 52 heavy (non-hydrogen) atoms. The molecule has 0 amide bonds. The molecule has 302 valence electrons. The standard InChI is InChI=1S/C20H32N4.2C10H20.6CH3.2Ti/c1-13(2)23(14(3)4)19(21)17-9-11-18(12-10-17)20(22)24(15(5)6)16(7)8;2*1-6-7(2)9(4)10(5)8(6)3;;;;;;;;/h9-16H,1-8H3;2*6-10H,1-5H3;6*1H3;;/q-2;;;6*-1;2*+4. The van der Waals surface area contributed by atoms with E-state index >= 15 is 0 Å². The molecule has 0 unspecified atom stereocenters. The van der Waals surface area contributed by atoms with Crippen LogP contribution in [0.1, 0.15) is 136 Å². The van der Waals surface area contributed by atoms with Gasteiger partial charge in [-0.3, -0.25) is 0 Å². The zero-order chi connectivity index (χ0) is 34.4. The van der Waals surface area contributed by atoms with Crippen molar-refractivity contribution in [2.75, 3.05) is 0 Å². The molecule has 6 heteroatoms. The van der Waals surface area contributed by atoms with Crippen LogP contribution in [0.4, 0.5) is 0 Å². The summed E-state index contributed by atoms with van der Waals surface area (Å²) in [6, 6.07) is 8.28. The van der Waals surface area contributed by atoms with E-state index in [9.17, 15) is 10.8 Å². The summed E-state index contributed by atoms with van der Waals surface area (Å²) in [4.78, 5) is 3.96. The second kappa shape index (κ2) is 30.8. The Kier molecular flexibility index (Phi) is 41.1. The van der Waals surface area contributed by atoms with Crippen LogP contribution in [0.25, 0.3) is 10.8 Å². The van der Waals surface area contributed by atoms with Gasteiger partial charge in [0.05, 0.1) is 0 Å². The molecule has 2 aliphatic rings. The molecule has 0 radical (unpaired) electrons. The van der Waals surface area contributed by atoms with Crippen molar-refractivity contribution in [3.63, 3.8) is 0 Å². The van der Waals surface area contributed by atoms with Gasteiger partial charge in [0.2, 0.25) is 0 Å². The zero-order valence-electron chi connectivity index (χ0n) is 39.2. The summed E-state index contributed by atoms with van der Waals surface area (Å²) in [6.45, 7) is 40.5. The molecule has 0 spiro atoms. The molecule has 2 fully saturated rings. The minimum atomic E-state index is 0. The fraction of sp³-hybridized carbons (Fsp3) is 0.696. The second-order valence-corrected chi connectivity index (χ2v) is 16.0. The summed E-state index contributed by atoms with van der Waals surface area (Å²) in [5, 5.41) is 21.2. The van der Waals surface area contributed by atoms with Gasteiger partial charge in [-0.2, -0.15) is 0 Å². The number of rotatable bonds is 6. The molecule has 2 saturated carbocycles. The van der Waals surface area contributed by atoms with E-state index in [2.05, 4.69) is 125 Å². The SMILES string of the molecule is CC(C)N(C(=[N-])c1ccc(C(=[N-])N(C(C)C)C(C)C)cc1)C(C)C.CC1C(C)C(C)C(C)C1C.CC1C(C)C(C)C(C)C1C.[CH3-].[CH3-].[CH3-].[CH3-].[CH3-].[CH3-].[Ti+4].[Ti+4]. The van der Waals surface area contributed by atoms with Crippen LogP contribution in [0.2, 0.25) is 0 Å². The maximum atomic E-state index is 10.6. The third-order valence-electron chi connectivity index (χ3n) is 12.4. The Balaban J connectivity index is -0.0000000978. The van der Waals surface area contributed by atoms with Crippen molar-refractivity contribution < 1.29 is 43.4 Å². The zero-order valence-corrected chi connectivity index (χ0v) is 42.3. The van der Waals surface area contributed by atoms with Gasteiger partial charge in [0.25, 0.3) is 0 Å². The molecule has 0 aliphatic heterocycles. The van der Waals surface area contributed by atoms with Gasteiger partial charge in [0, 0.05) is 0 Å². The minimum absolute atomic E-state index is 0. The Labute approximate surface area is 361 Å². The predicted octanol–water partition coefficient (Wildman–Crippen LogP) is 13.6. The first-order valence-corrected chi connectivity index (χ1v) is 18.0. The normalized spacial score (nSPS) is 26.7. The monoisotopic (exact) mass is 795 g/mol. The first kappa shape index (κ1) is 69.5. The van der Waals surface area contributed by atoms with Crippen LogP contribution >= 0.6 is 0 Å². The van der Waals surface area contributed by atoms with Gasteiger partial charge in [0.15, 0.2) is 0 Å². The second-order valence-electron chi connectivity index (χ2n) is 16.0. The number of benzene rings is 1. The fourth-order valence-corrected chi connectivity index (χ4v) is 8.03. The van der Waals surface area contributed by atoms with E-state index in [4.69, 9.17) is 0 Å². The number of hydrogen-bond acceptors (Lipinski definition) is 0. The van der Waals surface area contributed by atoms with Gasteiger partial charge < -0.3 is 65.2 Å². The van der Waals surface area contributed by atoms with Gasteiger partial charge in [-0.1, -0.05) is 161 Å². The van der Waals surface area contributed by atoms with Gasteiger partial charge in [0.1, 0.15) is 0 Å². The molecule has 0 heterocycles. The van der Waals surface area contributed by atoms with Crippen LogP contribution in [0.5, 0.6) is 0 Å². The molecule has 4 nitrogen and oxygen atoms in total. The van der Waals surface area contributed by atoms with Crippen LogP contribution < -0.4 is 0 Å². The summed E-state index contributed by atoms with van der Waals surface area (Å²) in [5.41, 5.74) is 1.52. The molecule has 0 atom stereocenters. The van der Waals surface area contributed by atoms with E-state index in [-0.39, 0.29) is 124 Å². The number of hydrogen-bond donors (Lipinski definition) is 0. The van der Waals surface area contributed by atoms with Gasteiger partial charge in [-0.05, 0) is 94.5 Å². The first-order chi connectivity index (χ1) is 20.2. The number of amidine groups is 2. The summed E-state index contributed by atoms with van der Waals surface area (Å²) in [5.74, 6) is 9.90. The minimum Gasteiger partial charge on any atom is -0.464 e. The van der Waals surface area contributed by atoms with Crippen molar-refractivity contribution in [3.05, 3.63) is 90.8 Å². The predicted molar refractivity (Wildman–Crippen MR) is 236 cm³/mol. The molecule has 0 aromatic heterocycles. The van der Waals surface area contributed by atoms with Crippen LogP contribution in [0.3, 0.4) is 0 Å². The third kappa shape index (κ3) is 17.6. The van der Waals surface area contributed by atoms with Crippen molar-refractivity contribution in [1.82, 2.24) is 9.80 Å². The van der Waals surface area contributed by atoms with Crippen molar-refractivity contribution in [2.45, 2.75) is 149 Å². The van der Waals surface area contributed by atoms with E-state index in [1.54, 1.807) is 0 Å². The number of nitrogens with zero attached hydrogens (tertiary/aromatic N) is 4. The summed E-state index contributed by atoms with van der Waals surface area (Å²) in [6.07, 6.45) is 0. The molecule has 2 aliphatic carbocycles. The molecule has 1 aromatic rings. The maximum Gasteiger partial charge on any atom is 4.00 e. The Morgan fingerprint density at radius 3 is 0.577 bits per heavy atom. The Bertz CT molecular complexity index is 835. The van der Waals surface area contributed by atoms with Gasteiger partial charge >= 0.3 is 43.4 Å². The van der Waals surface area contributed by atoms with E-state index in [0.29, 0.717) is 0 Å². The van der Waals surface area contributed by atoms with Gasteiger partial charge in [-0.15, -0.1) is 0 Å². The third-order valence-corrected chi connectivity index (χ3v) is 12.4. The molecule has 0 saturated heterocycles. The summed E-state index contributed by atoms with van der Waals surface area (Å²) in [7, 11) is 0. The van der Waals surface area contributed by atoms with Gasteiger partial charge in [-0.25, -0.2) is 0 Å². The van der Waals surface area contributed by atoms with Crippen LogP contribution in [0, 0.1) is 104 Å².